The molecular formula is C20H15F3N2O3S. The maximum Gasteiger partial charge on any atom is 0.416 e. The zero-order valence-electron chi connectivity index (χ0n) is 14.8. The van der Waals surface area contributed by atoms with Crippen LogP contribution in [0.5, 0.6) is 0 Å². The molecule has 150 valence electrons. The molecule has 3 rings (SSSR count). The number of benzene rings is 3. The van der Waals surface area contributed by atoms with E-state index in [1.165, 1.54) is 36.4 Å². The van der Waals surface area contributed by atoms with Gasteiger partial charge in [0.05, 0.1) is 10.5 Å². The Labute approximate surface area is 165 Å². The maximum atomic E-state index is 12.6. The minimum atomic E-state index is -4.47. The van der Waals surface area contributed by atoms with Gasteiger partial charge in [-0.1, -0.05) is 24.3 Å². The summed E-state index contributed by atoms with van der Waals surface area (Å²) in [5.41, 5.74) is -0.335. The van der Waals surface area contributed by atoms with Gasteiger partial charge >= 0.3 is 6.18 Å². The number of rotatable bonds is 5. The predicted molar refractivity (Wildman–Crippen MR) is 103 cm³/mol. The molecule has 0 aliphatic rings. The van der Waals surface area contributed by atoms with Crippen molar-refractivity contribution >= 4 is 27.3 Å². The van der Waals surface area contributed by atoms with E-state index in [0.29, 0.717) is 0 Å². The van der Waals surface area contributed by atoms with Crippen molar-refractivity contribution in [2.24, 2.45) is 0 Å². The number of sulfonamides is 1. The van der Waals surface area contributed by atoms with Crippen LogP contribution < -0.4 is 10.0 Å². The molecule has 5 nitrogen and oxygen atoms in total. The van der Waals surface area contributed by atoms with Crippen LogP contribution in [0.25, 0.3) is 0 Å². The lowest BCUT2D eigenvalue weighted by atomic mass is 10.1. The zero-order chi connectivity index (χ0) is 21.1. The van der Waals surface area contributed by atoms with Crippen LogP contribution in [0.4, 0.5) is 24.5 Å². The van der Waals surface area contributed by atoms with Crippen LogP contribution in [0.3, 0.4) is 0 Å². The number of hydrogen-bond donors (Lipinski definition) is 2. The summed E-state index contributed by atoms with van der Waals surface area (Å²) in [6, 6.07) is 17.5. The molecule has 0 aliphatic heterocycles. The van der Waals surface area contributed by atoms with Crippen molar-refractivity contribution in [3.8, 4) is 0 Å². The SMILES string of the molecule is O=C(Nc1ccc(C(F)(F)F)cc1)c1cccc(NS(=O)(=O)c2ccccc2)c1. The molecule has 3 aromatic carbocycles. The van der Waals surface area contributed by atoms with Gasteiger partial charge in [0, 0.05) is 16.9 Å². The van der Waals surface area contributed by atoms with Crippen LogP contribution in [0, 0.1) is 0 Å². The van der Waals surface area contributed by atoms with Crippen LogP contribution in [0.1, 0.15) is 15.9 Å². The van der Waals surface area contributed by atoms with E-state index >= 15 is 0 Å². The molecule has 0 aromatic heterocycles. The highest BCUT2D eigenvalue weighted by atomic mass is 32.2. The third-order valence-corrected chi connectivity index (χ3v) is 5.30. The number of hydrogen-bond acceptors (Lipinski definition) is 3. The normalized spacial score (nSPS) is 11.7. The van der Waals surface area contributed by atoms with Crippen molar-refractivity contribution in [2.45, 2.75) is 11.1 Å². The zero-order valence-corrected chi connectivity index (χ0v) is 15.6. The Morgan fingerprint density at radius 2 is 1.45 bits per heavy atom. The van der Waals surface area contributed by atoms with Crippen LogP contribution in [-0.2, 0) is 16.2 Å². The number of nitrogens with one attached hydrogen (secondary N) is 2. The van der Waals surface area contributed by atoms with E-state index in [0.717, 1.165) is 24.3 Å². The van der Waals surface area contributed by atoms with Crippen molar-refractivity contribution in [1.29, 1.82) is 0 Å². The fourth-order valence-electron chi connectivity index (χ4n) is 2.48. The molecule has 1 amide bonds. The minimum Gasteiger partial charge on any atom is -0.322 e. The van der Waals surface area contributed by atoms with Gasteiger partial charge in [-0.2, -0.15) is 13.2 Å². The van der Waals surface area contributed by atoms with E-state index in [-0.39, 0.29) is 21.8 Å². The molecule has 29 heavy (non-hydrogen) atoms. The smallest absolute Gasteiger partial charge is 0.322 e. The summed E-state index contributed by atoms with van der Waals surface area (Å²) in [7, 11) is -3.82. The predicted octanol–water partition coefficient (Wildman–Crippen LogP) is 4.76. The monoisotopic (exact) mass is 420 g/mol. The highest BCUT2D eigenvalue weighted by Gasteiger charge is 2.30. The maximum absolute atomic E-state index is 12.6. The topological polar surface area (TPSA) is 75.3 Å². The van der Waals surface area contributed by atoms with Crippen LogP contribution in [0.15, 0.2) is 83.8 Å². The fourth-order valence-corrected chi connectivity index (χ4v) is 3.55. The molecule has 0 heterocycles. The van der Waals surface area contributed by atoms with E-state index in [9.17, 15) is 26.4 Å². The highest BCUT2D eigenvalue weighted by Crippen LogP contribution is 2.30. The number of amides is 1. The first-order valence-electron chi connectivity index (χ1n) is 8.32. The summed E-state index contributed by atoms with van der Waals surface area (Å²) < 4.78 is 65.0. The number of carbonyl (C=O) groups is 1. The second kappa shape index (κ2) is 7.96. The molecule has 0 aliphatic carbocycles. The lowest BCUT2D eigenvalue weighted by Crippen LogP contribution is -2.15. The Hall–Kier alpha value is -3.33. The van der Waals surface area contributed by atoms with Crippen molar-refractivity contribution in [3.63, 3.8) is 0 Å². The van der Waals surface area contributed by atoms with E-state index in [2.05, 4.69) is 10.0 Å². The summed E-state index contributed by atoms with van der Waals surface area (Å²) in [5.74, 6) is -0.592. The second-order valence-electron chi connectivity index (χ2n) is 6.03. The van der Waals surface area contributed by atoms with Crippen molar-refractivity contribution < 1.29 is 26.4 Å². The number of carbonyl (C=O) groups excluding carboxylic acids is 1. The average molecular weight is 420 g/mol. The third kappa shape index (κ3) is 5.14. The van der Waals surface area contributed by atoms with Gasteiger partial charge in [0.1, 0.15) is 0 Å². The van der Waals surface area contributed by atoms with Crippen molar-refractivity contribution in [1.82, 2.24) is 0 Å². The van der Waals surface area contributed by atoms with Gasteiger partial charge < -0.3 is 5.32 Å². The molecule has 0 atom stereocenters. The molecule has 0 saturated carbocycles. The second-order valence-corrected chi connectivity index (χ2v) is 7.71. The average Bonchev–Trinajstić information content (AvgIpc) is 2.68. The quantitative estimate of drug-likeness (QED) is 0.625. The van der Waals surface area contributed by atoms with Gasteiger partial charge in [0.25, 0.3) is 15.9 Å². The Morgan fingerprint density at radius 1 is 0.793 bits per heavy atom. The molecule has 0 fully saturated rings. The molecule has 0 spiro atoms. The summed E-state index contributed by atoms with van der Waals surface area (Å²) in [4.78, 5) is 12.4. The largest absolute Gasteiger partial charge is 0.416 e. The van der Waals surface area contributed by atoms with Crippen molar-refractivity contribution in [3.05, 3.63) is 90.0 Å². The van der Waals surface area contributed by atoms with E-state index in [1.807, 2.05) is 0 Å². The molecule has 0 unspecified atom stereocenters. The van der Waals surface area contributed by atoms with Crippen LogP contribution in [-0.4, -0.2) is 14.3 Å². The Kier molecular flexibility index (Phi) is 5.60. The summed E-state index contributed by atoms with van der Waals surface area (Å²) in [6.07, 6.45) is -4.47. The molecule has 2 N–H and O–H groups in total. The molecule has 0 saturated heterocycles. The lowest BCUT2D eigenvalue weighted by molar-refractivity contribution is -0.137. The molecule has 3 aromatic rings. The van der Waals surface area contributed by atoms with Gasteiger partial charge in [0.15, 0.2) is 0 Å². The third-order valence-electron chi connectivity index (χ3n) is 3.90. The first-order valence-corrected chi connectivity index (χ1v) is 9.80. The summed E-state index contributed by atoms with van der Waals surface area (Å²) in [5, 5.41) is 2.48. The molecule has 0 bridgehead atoms. The van der Waals surface area contributed by atoms with Gasteiger partial charge in [-0.3, -0.25) is 9.52 Å². The fraction of sp³-hybridized carbons (Fsp3) is 0.0500. The van der Waals surface area contributed by atoms with E-state index in [4.69, 9.17) is 0 Å². The van der Waals surface area contributed by atoms with Gasteiger partial charge in [-0.15, -0.1) is 0 Å². The highest BCUT2D eigenvalue weighted by molar-refractivity contribution is 7.92. The molecule has 0 radical (unpaired) electrons. The first-order chi connectivity index (χ1) is 13.6. The molecular weight excluding hydrogens is 405 g/mol. The van der Waals surface area contributed by atoms with E-state index < -0.39 is 27.7 Å². The number of halogens is 3. The number of anilines is 2. The Morgan fingerprint density at radius 3 is 2.07 bits per heavy atom. The van der Waals surface area contributed by atoms with E-state index in [1.54, 1.807) is 18.2 Å². The lowest BCUT2D eigenvalue weighted by Gasteiger charge is -2.11. The van der Waals surface area contributed by atoms with Gasteiger partial charge in [0.2, 0.25) is 0 Å². The van der Waals surface area contributed by atoms with Gasteiger partial charge in [-0.05, 0) is 54.6 Å². The summed E-state index contributed by atoms with van der Waals surface area (Å²) in [6.45, 7) is 0. The minimum absolute atomic E-state index is 0.0691. The standard InChI is InChI=1S/C20H15F3N2O3S/c21-20(22,23)15-9-11-16(12-10-15)24-19(26)14-5-4-6-17(13-14)25-29(27,28)18-7-2-1-3-8-18/h1-13,25H,(H,24,26). The molecule has 9 heteroatoms. The van der Waals surface area contributed by atoms with Gasteiger partial charge in [-0.25, -0.2) is 8.42 Å². The van der Waals surface area contributed by atoms with Crippen LogP contribution >= 0.6 is 0 Å². The van der Waals surface area contributed by atoms with Crippen LogP contribution in [0.2, 0.25) is 0 Å². The first kappa shape index (κ1) is 20.4. The number of alkyl halides is 3. The summed E-state index contributed by atoms with van der Waals surface area (Å²) >= 11 is 0. The Bertz CT molecular complexity index is 1110. The Balaban J connectivity index is 1.74. The van der Waals surface area contributed by atoms with Crippen molar-refractivity contribution in [2.75, 3.05) is 10.0 Å².